The molecule has 0 radical (unpaired) electrons. The lowest BCUT2D eigenvalue weighted by atomic mass is 10.1. The highest BCUT2D eigenvalue weighted by atomic mass is 79.9. The quantitative estimate of drug-likeness (QED) is 0.836. The molecule has 0 aromatic heterocycles. The number of aliphatic carboxylic acids is 1. The van der Waals surface area contributed by atoms with E-state index in [9.17, 15) is 14.7 Å². The number of carbonyl (C=O) groups is 2. The molecule has 1 atom stereocenters. The lowest BCUT2D eigenvalue weighted by Gasteiger charge is -2.32. The molecule has 114 valence electrons. The van der Waals surface area contributed by atoms with Crippen LogP contribution < -0.4 is 5.32 Å². The molecule has 1 aromatic rings. The molecule has 7 heteroatoms. The van der Waals surface area contributed by atoms with Crippen LogP contribution in [0.1, 0.15) is 11.1 Å². The maximum atomic E-state index is 12.3. The number of urea groups is 1. The fourth-order valence-electron chi connectivity index (χ4n) is 2.26. The molecule has 1 saturated heterocycles. The molecule has 1 aliphatic rings. The third kappa shape index (κ3) is 3.71. The second-order valence-corrected chi connectivity index (χ2v) is 6.92. The van der Waals surface area contributed by atoms with Gasteiger partial charge in [0, 0.05) is 28.2 Å². The molecular weight excluding hydrogens is 356 g/mol. The summed E-state index contributed by atoms with van der Waals surface area (Å²) in [6.45, 7) is 4.34. The molecule has 0 saturated carbocycles. The van der Waals surface area contributed by atoms with Crippen molar-refractivity contribution in [1.82, 2.24) is 4.90 Å². The van der Waals surface area contributed by atoms with Crippen molar-refractivity contribution in [3.8, 4) is 0 Å². The number of nitrogens with one attached hydrogen (secondary N) is 1. The number of hydrogen-bond acceptors (Lipinski definition) is 3. The molecule has 21 heavy (non-hydrogen) atoms. The number of anilines is 1. The van der Waals surface area contributed by atoms with Gasteiger partial charge in [-0.05, 0) is 37.1 Å². The summed E-state index contributed by atoms with van der Waals surface area (Å²) in [4.78, 5) is 24.9. The SMILES string of the molecule is Cc1cc(NC(=O)N2CCSCC2C(=O)O)cc(C)c1Br. The summed E-state index contributed by atoms with van der Waals surface area (Å²) in [6.07, 6.45) is 0. The number of amides is 2. The molecule has 2 rings (SSSR count). The third-order valence-electron chi connectivity index (χ3n) is 3.36. The molecule has 1 unspecified atom stereocenters. The van der Waals surface area contributed by atoms with Crippen molar-refractivity contribution in [1.29, 1.82) is 0 Å². The van der Waals surface area contributed by atoms with Crippen molar-refractivity contribution in [3.05, 3.63) is 27.7 Å². The summed E-state index contributed by atoms with van der Waals surface area (Å²) in [5, 5.41) is 12.0. The van der Waals surface area contributed by atoms with Crippen LogP contribution in [0.4, 0.5) is 10.5 Å². The minimum atomic E-state index is -0.958. The fraction of sp³-hybridized carbons (Fsp3) is 0.429. The topological polar surface area (TPSA) is 69.6 Å². The van der Waals surface area contributed by atoms with E-state index in [1.165, 1.54) is 4.90 Å². The molecule has 0 aliphatic carbocycles. The van der Waals surface area contributed by atoms with Crippen LogP contribution in [0.15, 0.2) is 16.6 Å². The van der Waals surface area contributed by atoms with Gasteiger partial charge in [-0.1, -0.05) is 15.9 Å². The lowest BCUT2D eigenvalue weighted by molar-refractivity contribution is -0.141. The standard InChI is InChI=1S/C14H17BrN2O3S/c1-8-5-10(6-9(2)12(8)15)16-14(20)17-3-4-21-7-11(17)13(18)19/h5-6,11H,3-4,7H2,1-2H3,(H,16,20)(H,18,19). The first-order valence-electron chi connectivity index (χ1n) is 6.55. The molecule has 5 nitrogen and oxygen atoms in total. The van der Waals surface area contributed by atoms with Crippen LogP contribution in [0.25, 0.3) is 0 Å². The van der Waals surface area contributed by atoms with Crippen LogP contribution >= 0.6 is 27.7 Å². The number of rotatable bonds is 2. The van der Waals surface area contributed by atoms with Crippen molar-refractivity contribution in [3.63, 3.8) is 0 Å². The second kappa shape index (κ2) is 6.70. The Morgan fingerprint density at radius 1 is 1.38 bits per heavy atom. The van der Waals surface area contributed by atoms with Gasteiger partial charge >= 0.3 is 12.0 Å². The predicted octanol–water partition coefficient (Wildman–Crippen LogP) is 3.10. The minimum absolute atomic E-state index is 0.358. The van der Waals surface area contributed by atoms with Gasteiger partial charge in [0.1, 0.15) is 6.04 Å². The Hall–Kier alpha value is -1.21. The van der Waals surface area contributed by atoms with Gasteiger partial charge in [-0.3, -0.25) is 0 Å². The molecular formula is C14H17BrN2O3S. The van der Waals surface area contributed by atoms with Crippen molar-refractivity contribution >= 4 is 45.4 Å². The number of benzene rings is 1. The predicted molar refractivity (Wildman–Crippen MR) is 88.1 cm³/mol. The van der Waals surface area contributed by atoms with Crippen LogP contribution in [0, 0.1) is 13.8 Å². The number of carboxylic acids is 1. The Morgan fingerprint density at radius 2 is 2.00 bits per heavy atom. The number of nitrogens with zero attached hydrogens (tertiary/aromatic N) is 1. The molecule has 1 aromatic carbocycles. The summed E-state index contributed by atoms with van der Waals surface area (Å²) < 4.78 is 1.01. The van der Waals surface area contributed by atoms with E-state index in [0.717, 1.165) is 21.4 Å². The van der Waals surface area contributed by atoms with Crippen LogP contribution in [-0.4, -0.2) is 46.1 Å². The van der Waals surface area contributed by atoms with E-state index in [1.54, 1.807) is 11.8 Å². The van der Waals surface area contributed by atoms with Crippen molar-refractivity contribution in [2.45, 2.75) is 19.9 Å². The van der Waals surface area contributed by atoms with Crippen LogP contribution in [-0.2, 0) is 4.79 Å². The van der Waals surface area contributed by atoms with Gasteiger partial charge in [-0.25, -0.2) is 9.59 Å². The Balaban J connectivity index is 2.15. The Bertz CT molecular complexity index is 556. The molecule has 1 aliphatic heterocycles. The van der Waals surface area contributed by atoms with E-state index in [1.807, 2.05) is 26.0 Å². The van der Waals surface area contributed by atoms with Gasteiger partial charge in [0.15, 0.2) is 0 Å². The van der Waals surface area contributed by atoms with Crippen LogP contribution in [0.5, 0.6) is 0 Å². The zero-order chi connectivity index (χ0) is 15.6. The molecule has 2 amide bonds. The average molecular weight is 373 g/mol. The molecule has 1 heterocycles. The van der Waals surface area contributed by atoms with E-state index in [4.69, 9.17) is 0 Å². The minimum Gasteiger partial charge on any atom is -0.480 e. The van der Waals surface area contributed by atoms with Gasteiger partial charge < -0.3 is 15.3 Å². The number of hydrogen-bond donors (Lipinski definition) is 2. The lowest BCUT2D eigenvalue weighted by Crippen LogP contribution is -2.51. The van der Waals surface area contributed by atoms with E-state index in [-0.39, 0.29) is 6.03 Å². The van der Waals surface area contributed by atoms with Crippen LogP contribution in [0.2, 0.25) is 0 Å². The number of thioether (sulfide) groups is 1. The third-order valence-corrected chi connectivity index (χ3v) is 5.64. The zero-order valence-corrected chi connectivity index (χ0v) is 14.3. The maximum absolute atomic E-state index is 12.3. The van der Waals surface area contributed by atoms with Gasteiger partial charge in [0.25, 0.3) is 0 Å². The normalized spacial score (nSPS) is 18.4. The molecule has 1 fully saturated rings. The van der Waals surface area contributed by atoms with E-state index in [2.05, 4.69) is 21.2 Å². The smallest absolute Gasteiger partial charge is 0.327 e. The van der Waals surface area contributed by atoms with Gasteiger partial charge in [0.05, 0.1) is 0 Å². The zero-order valence-electron chi connectivity index (χ0n) is 11.9. The summed E-state index contributed by atoms with van der Waals surface area (Å²) in [7, 11) is 0. The first-order chi connectivity index (χ1) is 9.90. The Kier molecular flexibility index (Phi) is 5.16. The first-order valence-corrected chi connectivity index (χ1v) is 8.50. The summed E-state index contributed by atoms with van der Waals surface area (Å²) in [5.41, 5.74) is 2.73. The van der Waals surface area contributed by atoms with Gasteiger partial charge in [-0.15, -0.1) is 0 Å². The summed E-state index contributed by atoms with van der Waals surface area (Å²) in [5.74, 6) is 0.233. The first kappa shape index (κ1) is 16.2. The van der Waals surface area contributed by atoms with E-state index < -0.39 is 12.0 Å². The molecule has 0 spiro atoms. The van der Waals surface area contributed by atoms with Crippen LogP contribution in [0.3, 0.4) is 0 Å². The Morgan fingerprint density at radius 3 is 2.57 bits per heavy atom. The highest BCUT2D eigenvalue weighted by molar-refractivity contribution is 9.10. The summed E-state index contributed by atoms with van der Waals surface area (Å²) >= 11 is 5.04. The summed E-state index contributed by atoms with van der Waals surface area (Å²) in [6, 6.07) is 2.61. The number of carboxylic acid groups (broad SMARTS) is 1. The van der Waals surface area contributed by atoms with Crippen molar-refractivity contribution in [2.75, 3.05) is 23.4 Å². The maximum Gasteiger partial charge on any atom is 0.327 e. The van der Waals surface area contributed by atoms with Gasteiger partial charge in [0.2, 0.25) is 0 Å². The monoisotopic (exact) mass is 372 g/mol. The van der Waals surface area contributed by atoms with Crippen molar-refractivity contribution in [2.24, 2.45) is 0 Å². The highest BCUT2D eigenvalue weighted by Gasteiger charge is 2.32. The molecule has 2 N–H and O–H groups in total. The van der Waals surface area contributed by atoms with E-state index >= 15 is 0 Å². The fourth-order valence-corrected chi connectivity index (χ4v) is 3.53. The van der Waals surface area contributed by atoms with Crippen molar-refractivity contribution < 1.29 is 14.7 Å². The number of carbonyl (C=O) groups excluding carboxylic acids is 1. The van der Waals surface area contributed by atoms with E-state index in [0.29, 0.717) is 18.0 Å². The second-order valence-electron chi connectivity index (χ2n) is 4.98. The Labute approximate surface area is 136 Å². The number of halogens is 1. The average Bonchev–Trinajstić information content (AvgIpc) is 2.44. The van der Waals surface area contributed by atoms with Gasteiger partial charge in [-0.2, -0.15) is 11.8 Å². The highest BCUT2D eigenvalue weighted by Crippen LogP contribution is 2.25. The largest absolute Gasteiger partial charge is 0.480 e. The number of aryl methyl sites for hydroxylation is 2. The molecule has 0 bridgehead atoms.